The van der Waals surface area contributed by atoms with Gasteiger partial charge in [-0.2, -0.15) is 0 Å². The molecule has 0 unspecified atom stereocenters. The summed E-state index contributed by atoms with van der Waals surface area (Å²) in [5.41, 5.74) is 1.40. The fourth-order valence-electron chi connectivity index (χ4n) is 1.33. The van der Waals surface area contributed by atoms with Crippen LogP contribution in [-0.4, -0.2) is 0 Å². The summed E-state index contributed by atoms with van der Waals surface area (Å²) in [6, 6.07) is 6.08. The predicted octanol–water partition coefficient (Wildman–Crippen LogP) is 5.53. The van der Waals surface area contributed by atoms with Gasteiger partial charge >= 0.3 is 0 Å². The molecule has 0 aliphatic heterocycles. The third-order valence-corrected chi connectivity index (χ3v) is 3.24. The molecule has 0 saturated heterocycles. The Morgan fingerprint density at radius 3 is 2.47 bits per heavy atom. The van der Waals surface area contributed by atoms with E-state index in [1.54, 1.807) is 11.3 Å². The van der Waals surface area contributed by atoms with Crippen LogP contribution >= 0.6 is 22.9 Å². The first-order valence-corrected chi connectivity index (χ1v) is 6.64. The van der Waals surface area contributed by atoms with Gasteiger partial charge in [-0.15, -0.1) is 11.3 Å². The Morgan fingerprint density at radius 1 is 1.20 bits per heavy atom. The topological polar surface area (TPSA) is 0 Å². The van der Waals surface area contributed by atoms with E-state index in [1.807, 2.05) is 12.1 Å². The standard InChI is InChI=1S/C10H9ClS.C3H8/c1-2-7-6-12-10-4-3-8(11)5-9(7)10;1-3-2/h3-6H,2H2,1H3;3H2,1-2H3. The summed E-state index contributed by atoms with van der Waals surface area (Å²) in [6.45, 7) is 6.42. The molecule has 0 radical (unpaired) electrons. The van der Waals surface area contributed by atoms with E-state index in [0.717, 1.165) is 11.4 Å². The minimum Gasteiger partial charge on any atom is -0.144 e. The number of hydrogen-bond donors (Lipinski definition) is 0. The van der Waals surface area contributed by atoms with E-state index in [0.29, 0.717) is 0 Å². The largest absolute Gasteiger partial charge is 0.144 e. The Bertz CT molecular complexity index is 417. The summed E-state index contributed by atoms with van der Waals surface area (Å²) in [4.78, 5) is 0. The van der Waals surface area contributed by atoms with Gasteiger partial charge < -0.3 is 0 Å². The summed E-state index contributed by atoms with van der Waals surface area (Å²) in [7, 11) is 0. The first-order valence-electron chi connectivity index (χ1n) is 5.38. The number of rotatable bonds is 1. The molecule has 0 saturated carbocycles. The SMILES string of the molecule is CCC.CCc1csc2ccc(Cl)cc12. The number of halogens is 1. The van der Waals surface area contributed by atoms with Gasteiger partial charge in [0.15, 0.2) is 0 Å². The van der Waals surface area contributed by atoms with Crippen molar-refractivity contribution in [2.24, 2.45) is 0 Å². The molecule has 2 rings (SSSR count). The van der Waals surface area contributed by atoms with E-state index in [-0.39, 0.29) is 0 Å². The van der Waals surface area contributed by atoms with Crippen LogP contribution < -0.4 is 0 Å². The second kappa shape index (κ2) is 6.14. The van der Waals surface area contributed by atoms with Crippen LogP contribution in [0.4, 0.5) is 0 Å². The van der Waals surface area contributed by atoms with Crippen LogP contribution in [0.2, 0.25) is 5.02 Å². The predicted molar refractivity (Wildman–Crippen MR) is 72.2 cm³/mol. The molecule has 0 spiro atoms. The molecule has 0 bridgehead atoms. The van der Waals surface area contributed by atoms with E-state index in [1.165, 1.54) is 22.1 Å². The summed E-state index contributed by atoms with van der Waals surface area (Å²) >= 11 is 7.70. The zero-order valence-electron chi connectivity index (χ0n) is 9.51. The molecular formula is C13H17ClS. The van der Waals surface area contributed by atoms with Gasteiger partial charge in [0.2, 0.25) is 0 Å². The Balaban J connectivity index is 0.000000337. The molecule has 0 amide bonds. The quantitative estimate of drug-likeness (QED) is 0.615. The highest BCUT2D eigenvalue weighted by Crippen LogP contribution is 2.28. The van der Waals surface area contributed by atoms with Gasteiger partial charge in [0, 0.05) is 9.72 Å². The number of benzene rings is 1. The lowest BCUT2D eigenvalue weighted by Crippen LogP contribution is -1.74. The molecular weight excluding hydrogens is 224 g/mol. The first-order chi connectivity index (χ1) is 7.22. The fourth-order valence-corrected chi connectivity index (χ4v) is 2.53. The van der Waals surface area contributed by atoms with Crippen LogP contribution in [0, 0.1) is 0 Å². The van der Waals surface area contributed by atoms with Gasteiger partial charge in [-0.25, -0.2) is 0 Å². The molecule has 15 heavy (non-hydrogen) atoms. The van der Waals surface area contributed by atoms with Crippen molar-refractivity contribution in [1.29, 1.82) is 0 Å². The van der Waals surface area contributed by atoms with Crippen molar-refractivity contribution in [2.75, 3.05) is 0 Å². The molecule has 0 aliphatic rings. The maximum atomic E-state index is 5.91. The van der Waals surface area contributed by atoms with Crippen LogP contribution in [0.1, 0.15) is 32.8 Å². The first kappa shape index (κ1) is 12.5. The molecule has 1 heterocycles. The highest BCUT2D eigenvalue weighted by Gasteiger charge is 2.01. The molecule has 0 fully saturated rings. The van der Waals surface area contributed by atoms with Crippen molar-refractivity contribution in [3.8, 4) is 0 Å². The summed E-state index contributed by atoms with van der Waals surface area (Å²) < 4.78 is 1.33. The van der Waals surface area contributed by atoms with Crippen LogP contribution in [0.3, 0.4) is 0 Å². The van der Waals surface area contributed by atoms with Gasteiger partial charge in [-0.1, -0.05) is 38.8 Å². The molecule has 2 heteroatoms. The third kappa shape index (κ3) is 3.22. The smallest absolute Gasteiger partial charge is 0.0413 e. The Hall–Kier alpha value is -0.530. The monoisotopic (exact) mass is 240 g/mol. The van der Waals surface area contributed by atoms with Crippen LogP contribution in [0.25, 0.3) is 10.1 Å². The van der Waals surface area contributed by atoms with Crippen LogP contribution in [0.5, 0.6) is 0 Å². The van der Waals surface area contributed by atoms with E-state index < -0.39 is 0 Å². The van der Waals surface area contributed by atoms with Gasteiger partial charge in [-0.3, -0.25) is 0 Å². The second-order valence-corrected chi connectivity index (χ2v) is 4.81. The maximum absolute atomic E-state index is 5.91. The molecule has 0 nitrogen and oxygen atoms in total. The van der Waals surface area contributed by atoms with Crippen molar-refractivity contribution >= 4 is 33.0 Å². The highest BCUT2D eigenvalue weighted by molar-refractivity contribution is 7.17. The van der Waals surface area contributed by atoms with Crippen molar-refractivity contribution in [1.82, 2.24) is 0 Å². The second-order valence-electron chi connectivity index (χ2n) is 3.46. The van der Waals surface area contributed by atoms with Gasteiger partial charge in [0.05, 0.1) is 0 Å². The van der Waals surface area contributed by atoms with E-state index in [9.17, 15) is 0 Å². The van der Waals surface area contributed by atoms with Crippen molar-refractivity contribution in [3.63, 3.8) is 0 Å². The average molecular weight is 241 g/mol. The van der Waals surface area contributed by atoms with E-state index in [4.69, 9.17) is 11.6 Å². The zero-order valence-corrected chi connectivity index (χ0v) is 11.1. The number of aryl methyl sites for hydroxylation is 1. The maximum Gasteiger partial charge on any atom is 0.0413 e. The van der Waals surface area contributed by atoms with Crippen LogP contribution in [0.15, 0.2) is 23.6 Å². The third-order valence-electron chi connectivity index (χ3n) is 2.00. The van der Waals surface area contributed by atoms with Crippen LogP contribution in [-0.2, 0) is 6.42 Å². The lowest BCUT2D eigenvalue weighted by atomic mass is 10.1. The lowest BCUT2D eigenvalue weighted by Gasteiger charge is -1.94. The van der Waals surface area contributed by atoms with Crippen molar-refractivity contribution in [2.45, 2.75) is 33.6 Å². The van der Waals surface area contributed by atoms with E-state index >= 15 is 0 Å². The zero-order chi connectivity index (χ0) is 11.3. The number of hydrogen-bond acceptors (Lipinski definition) is 1. The normalized spacial score (nSPS) is 9.87. The van der Waals surface area contributed by atoms with Gasteiger partial charge in [-0.05, 0) is 40.9 Å². The van der Waals surface area contributed by atoms with Gasteiger partial charge in [0.1, 0.15) is 0 Å². The molecule has 0 aliphatic carbocycles. The van der Waals surface area contributed by atoms with E-state index in [2.05, 4.69) is 32.2 Å². The minimum absolute atomic E-state index is 0.829. The molecule has 2 aromatic rings. The summed E-state index contributed by atoms with van der Waals surface area (Å²) in [5.74, 6) is 0. The summed E-state index contributed by atoms with van der Waals surface area (Å²) in [5, 5.41) is 4.35. The number of fused-ring (bicyclic) bond motifs is 1. The number of thiophene rings is 1. The Kier molecular flexibility index (Phi) is 5.13. The van der Waals surface area contributed by atoms with Gasteiger partial charge in [0.25, 0.3) is 0 Å². The molecule has 1 aromatic heterocycles. The lowest BCUT2D eigenvalue weighted by molar-refractivity contribution is 1.09. The minimum atomic E-state index is 0.829. The fraction of sp³-hybridized carbons (Fsp3) is 0.385. The Morgan fingerprint density at radius 2 is 1.87 bits per heavy atom. The highest BCUT2D eigenvalue weighted by atomic mass is 35.5. The molecule has 0 atom stereocenters. The van der Waals surface area contributed by atoms with Crippen molar-refractivity contribution < 1.29 is 0 Å². The Labute approximate surface area is 101 Å². The molecule has 82 valence electrons. The van der Waals surface area contributed by atoms with Crippen molar-refractivity contribution in [3.05, 3.63) is 34.2 Å². The molecule has 1 aromatic carbocycles. The summed E-state index contributed by atoms with van der Waals surface area (Å²) in [6.07, 6.45) is 2.33. The molecule has 0 N–H and O–H groups in total. The average Bonchev–Trinajstić information content (AvgIpc) is 2.61.